The fourth-order valence-corrected chi connectivity index (χ4v) is 1.90. The van der Waals surface area contributed by atoms with Gasteiger partial charge in [-0.15, -0.1) is 0 Å². The van der Waals surface area contributed by atoms with Crippen molar-refractivity contribution in [2.45, 2.75) is 6.42 Å². The summed E-state index contributed by atoms with van der Waals surface area (Å²) in [6.07, 6.45) is 0.611. The van der Waals surface area contributed by atoms with Crippen molar-refractivity contribution in [3.8, 4) is 0 Å². The Morgan fingerprint density at radius 1 is 1.11 bits per heavy atom. The highest BCUT2D eigenvalue weighted by Gasteiger charge is 2.11. The molecule has 0 aromatic heterocycles. The molecule has 1 nitrogen and oxygen atoms in total. The van der Waals surface area contributed by atoms with Gasteiger partial charge in [-0.25, -0.2) is 8.78 Å². The highest BCUT2D eigenvalue weighted by atomic mass is 35.5. The van der Waals surface area contributed by atoms with Crippen LogP contribution < -0.4 is 0 Å². The first-order chi connectivity index (χ1) is 8.61. The van der Waals surface area contributed by atoms with Gasteiger partial charge in [-0.3, -0.25) is 4.79 Å². The zero-order chi connectivity index (χ0) is 13.1. The van der Waals surface area contributed by atoms with Crippen molar-refractivity contribution in [3.05, 3.63) is 69.7 Å². The van der Waals surface area contributed by atoms with Crippen molar-refractivity contribution >= 4 is 17.9 Å². The van der Waals surface area contributed by atoms with E-state index in [0.717, 1.165) is 6.07 Å². The Hall–Kier alpha value is -1.74. The molecule has 92 valence electrons. The monoisotopic (exact) mass is 266 g/mol. The molecule has 0 aliphatic carbocycles. The molecule has 0 spiro atoms. The molecule has 18 heavy (non-hydrogen) atoms. The maximum Gasteiger partial charge on any atom is 0.150 e. The minimum Gasteiger partial charge on any atom is -0.298 e. The molecule has 0 fully saturated rings. The Kier molecular flexibility index (Phi) is 3.72. The van der Waals surface area contributed by atoms with Gasteiger partial charge in [0.2, 0.25) is 0 Å². The van der Waals surface area contributed by atoms with Gasteiger partial charge in [0.25, 0.3) is 0 Å². The van der Waals surface area contributed by atoms with Gasteiger partial charge in [0.1, 0.15) is 17.9 Å². The van der Waals surface area contributed by atoms with Crippen LogP contribution in [0.4, 0.5) is 8.78 Å². The highest BCUT2D eigenvalue weighted by Crippen LogP contribution is 2.23. The highest BCUT2D eigenvalue weighted by molar-refractivity contribution is 6.31. The first kappa shape index (κ1) is 12.7. The van der Waals surface area contributed by atoms with Crippen LogP contribution in [0.3, 0.4) is 0 Å². The van der Waals surface area contributed by atoms with E-state index < -0.39 is 11.6 Å². The summed E-state index contributed by atoms with van der Waals surface area (Å²) in [7, 11) is 0. The van der Waals surface area contributed by atoms with Crippen LogP contribution in [0, 0.1) is 11.6 Å². The normalized spacial score (nSPS) is 10.4. The Balaban J connectivity index is 2.37. The van der Waals surface area contributed by atoms with Crippen LogP contribution in [0.1, 0.15) is 21.5 Å². The van der Waals surface area contributed by atoms with E-state index >= 15 is 0 Å². The average molecular weight is 267 g/mol. The van der Waals surface area contributed by atoms with E-state index in [1.165, 1.54) is 24.3 Å². The predicted molar refractivity (Wildman–Crippen MR) is 66.0 cm³/mol. The second-order valence-electron chi connectivity index (χ2n) is 3.85. The van der Waals surface area contributed by atoms with Crippen molar-refractivity contribution in [2.75, 3.05) is 0 Å². The van der Waals surface area contributed by atoms with Gasteiger partial charge in [0.15, 0.2) is 0 Å². The molecular weight excluding hydrogens is 258 g/mol. The number of carbonyl (C=O) groups is 1. The Morgan fingerprint density at radius 3 is 2.50 bits per heavy atom. The van der Waals surface area contributed by atoms with Crippen LogP contribution in [-0.4, -0.2) is 6.29 Å². The lowest BCUT2D eigenvalue weighted by molar-refractivity contribution is 0.112. The summed E-state index contributed by atoms with van der Waals surface area (Å²) in [4.78, 5) is 10.5. The SMILES string of the molecule is O=Cc1ccc(Cc2c(F)cccc2Cl)c(F)c1. The number of rotatable bonds is 3. The molecule has 0 amide bonds. The summed E-state index contributed by atoms with van der Waals surface area (Å²) in [5, 5.41) is 0.258. The van der Waals surface area contributed by atoms with E-state index in [9.17, 15) is 13.6 Å². The fourth-order valence-electron chi connectivity index (χ4n) is 1.67. The van der Waals surface area contributed by atoms with Gasteiger partial charge in [-0.2, -0.15) is 0 Å². The molecule has 0 heterocycles. The van der Waals surface area contributed by atoms with Crippen LogP contribution >= 0.6 is 11.6 Å². The second-order valence-corrected chi connectivity index (χ2v) is 4.25. The maximum absolute atomic E-state index is 13.7. The standard InChI is InChI=1S/C14H9ClF2O/c15-12-2-1-3-13(16)11(12)7-10-5-4-9(8-18)6-14(10)17/h1-6,8H,7H2. The van der Waals surface area contributed by atoms with E-state index in [2.05, 4.69) is 0 Å². The first-order valence-electron chi connectivity index (χ1n) is 5.28. The average Bonchev–Trinajstić information content (AvgIpc) is 2.35. The van der Waals surface area contributed by atoms with E-state index in [-0.39, 0.29) is 22.6 Å². The molecule has 0 unspecified atom stereocenters. The molecule has 0 saturated carbocycles. The van der Waals surface area contributed by atoms with Crippen LogP contribution in [0.2, 0.25) is 5.02 Å². The number of hydrogen-bond acceptors (Lipinski definition) is 1. The summed E-state index contributed by atoms with van der Waals surface area (Å²) in [5.41, 5.74) is 0.792. The fraction of sp³-hybridized carbons (Fsp3) is 0.0714. The molecule has 0 bridgehead atoms. The van der Waals surface area contributed by atoms with Gasteiger partial charge in [0, 0.05) is 22.6 Å². The summed E-state index contributed by atoms with van der Waals surface area (Å²) in [6.45, 7) is 0. The maximum atomic E-state index is 13.7. The summed E-state index contributed by atoms with van der Waals surface area (Å²) in [5.74, 6) is -1.01. The lowest BCUT2D eigenvalue weighted by Gasteiger charge is -2.07. The van der Waals surface area contributed by atoms with Crippen molar-refractivity contribution in [1.82, 2.24) is 0 Å². The van der Waals surface area contributed by atoms with E-state index in [0.29, 0.717) is 11.8 Å². The molecule has 2 aromatic carbocycles. The molecule has 0 atom stereocenters. The molecule has 4 heteroatoms. The lowest BCUT2D eigenvalue weighted by Crippen LogP contribution is -1.98. The van der Waals surface area contributed by atoms with Crippen molar-refractivity contribution in [2.24, 2.45) is 0 Å². The van der Waals surface area contributed by atoms with Crippen molar-refractivity contribution in [3.63, 3.8) is 0 Å². The number of aldehydes is 1. The minimum absolute atomic E-state index is 0.0521. The van der Waals surface area contributed by atoms with Crippen LogP contribution in [0.25, 0.3) is 0 Å². The molecular formula is C14H9ClF2O. The minimum atomic E-state index is -0.543. The number of carbonyl (C=O) groups excluding carboxylic acids is 1. The largest absolute Gasteiger partial charge is 0.298 e. The first-order valence-corrected chi connectivity index (χ1v) is 5.66. The molecule has 0 aliphatic rings. The zero-order valence-corrected chi connectivity index (χ0v) is 10.0. The lowest BCUT2D eigenvalue weighted by atomic mass is 10.0. The third-order valence-corrected chi connectivity index (χ3v) is 3.00. The van der Waals surface area contributed by atoms with Crippen molar-refractivity contribution < 1.29 is 13.6 Å². The number of benzene rings is 2. The van der Waals surface area contributed by atoms with E-state index in [4.69, 9.17) is 11.6 Å². The molecule has 0 N–H and O–H groups in total. The van der Waals surface area contributed by atoms with Crippen molar-refractivity contribution in [1.29, 1.82) is 0 Å². The van der Waals surface area contributed by atoms with Gasteiger partial charge in [-0.1, -0.05) is 29.8 Å². The smallest absolute Gasteiger partial charge is 0.150 e. The van der Waals surface area contributed by atoms with Crippen LogP contribution in [0.15, 0.2) is 36.4 Å². The Bertz CT molecular complexity index is 576. The molecule has 0 saturated heterocycles. The van der Waals surface area contributed by atoms with Gasteiger partial charge in [-0.05, 0) is 23.8 Å². The molecule has 0 radical (unpaired) electrons. The molecule has 0 aliphatic heterocycles. The Labute approximate surface area is 108 Å². The van der Waals surface area contributed by atoms with Gasteiger partial charge in [0.05, 0.1) is 0 Å². The van der Waals surface area contributed by atoms with Gasteiger partial charge < -0.3 is 0 Å². The van der Waals surface area contributed by atoms with Crippen LogP contribution in [0.5, 0.6) is 0 Å². The predicted octanol–water partition coefficient (Wildman–Crippen LogP) is 4.02. The van der Waals surface area contributed by atoms with Gasteiger partial charge >= 0.3 is 0 Å². The van der Waals surface area contributed by atoms with Crippen LogP contribution in [-0.2, 0) is 6.42 Å². The summed E-state index contributed by atoms with van der Waals surface area (Å²) in [6, 6.07) is 8.39. The summed E-state index contributed by atoms with van der Waals surface area (Å²) >= 11 is 5.87. The number of hydrogen-bond donors (Lipinski definition) is 0. The second kappa shape index (κ2) is 5.27. The molecule has 2 aromatic rings. The third-order valence-electron chi connectivity index (χ3n) is 2.64. The van der Waals surface area contributed by atoms with E-state index in [1.807, 2.05) is 0 Å². The zero-order valence-electron chi connectivity index (χ0n) is 9.29. The molecule has 2 rings (SSSR count). The summed E-state index contributed by atoms with van der Waals surface area (Å²) < 4.78 is 27.2. The third kappa shape index (κ3) is 2.57. The quantitative estimate of drug-likeness (QED) is 0.767. The number of halogens is 3. The topological polar surface area (TPSA) is 17.1 Å². The Morgan fingerprint density at radius 2 is 1.89 bits per heavy atom. The van der Waals surface area contributed by atoms with E-state index in [1.54, 1.807) is 6.07 Å².